The van der Waals surface area contributed by atoms with Crippen LogP contribution in [0.5, 0.6) is 0 Å². The molecule has 3 aliphatic rings. The summed E-state index contributed by atoms with van der Waals surface area (Å²) in [4.78, 5) is 24.6. The topological polar surface area (TPSA) is 44.6 Å². The lowest BCUT2D eigenvalue weighted by atomic mass is 9.93. The molecular formula is C23H39N5O. The highest BCUT2D eigenvalue weighted by Gasteiger charge is 2.34. The third-order valence-electron chi connectivity index (χ3n) is 7.04. The Morgan fingerprint density at radius 2 is 1.83 bits per heavy atom. The molecule has 1 amide bonds. The monoisotopic (exact) mass is 401 g/mol. The van der Waals surface area contributed by atoms with E-state index in [0.717, 1.165) is 52.2 Å². The lowest BCUT2D eigenvalue weighted by Gasteiger charge is -2.42. The molecule has 4 rings (SSSR count). The summed E-state index contributed by atoms with van der Waals surface area (Å²) >= 11 is 0. The Morgan fingerprint density at radius 3 is 2.55 bits per heavy atom. The van der Waals surface area contributed by atoms with Gasteiger partial charge in [0.2, 0.25) is 5.91 Å². The number of piperidine rings is 2. The zero-order valence-electron chi connectivity index (χ0n) is 18.4. The third kappa shape index (κ3) is 5.21. The van der Waals surface area contributed by atoms with Crippen LogP contribution in [0.15, 0.2) is 12.5 Å². The van der Waals surface area contributed by atoms with Gasteiger partial charge in [-0.05, 0) is 51.0 Å². The van der Waals surface area contributed by atoms with Gasteiger partial charge in [-0.2, -0.15) is 0 Å². The molecule has 0 aliphatic carbocycles. The van der Waals surface area contributed by atoms with E-state index >= 15 is 0 Å². The van der Waals surface area contributed by atoms with E-state index in [1.807, 2.05) is 12.5 Å². The molecule has 162 valence electrons. The first-order chi connectivity index (χ1) is 14.1. The van der Waals surface area contributed by atoms with E-state index < -0.39 is 0 Å². The van der Waals surface area contributed by atoms with Gasteiger partial charge in [-0.15, -0.1) is 0 Å². The predicted octanol–water partition coefficient (Wildman–Crippen LogP) is 2.84. The molecule has 1 aromatic rings. The number of imidazole rings is 1. The number of rotatable bonds is 6. The summed E-state index contributed by atoms with van der Waals surface area (Å²) in [5, 5.41) is 0. The van der Waals surface area contributed by atoms with Crippen LogP contribution in [0.4, 0.5) is 0 Å². The van der Waals surface area contributed by atoms with Gasteiger partial charge in [-0.1, -0.05) is 13.8 Å². The Balaban J connectivity index is 1.26. The van der Waals surface area contributed by atoms with Crippen LogP contribution in [0.25, 0.3) is 0 Å². The average Bonchev–Trinajstić information content (AvgIpc) is 3.40. The number of carbonyl (C=O) groups excluding carboxylic acids is 1. The molecule has 0 spiro atoms. The normalized spacial score (nSPS) is 25.2. The SMILES string of the molecule is CC(C)Cn1cncc1CN1CCC(N2CCC[C@H](C(=O)N3CCCC3)C2)CC1. The first-order valence-corrected chi connectivity index (χ1v) is 11.8. The number of carbonyl (C=O) groups is 1. The van der Waals surface area contributed by atoms with Crippen LogP contribution in [-0.4, -0.2) is 75.5 Å². The fourth-order valence-corrected chi connectivity index (χ4v) is 5.44. The Morgan fingerprint density at radius 1 is 1.07 bits per heavy atom. The van der Waals surface area contributed by atoms with Crippen molar-refractivity contribution < 1.29 is 4.79 Å². The minimum Gasteiger partial charge on any atom is -0.342 e. The van der Waals surface area contributed by atoms with Crippen molar-refractivity contribution in [3.05, 3.63) is 18.2 Å². The quantitative estimate of drug-likeness (QED) is 0.735. The molecule has 6 nitrogen and oxygen atoms in total. The minimum absolute atomic E-state index is 0.241. The van der Waals surface area contributed by atoms with E-state index in [-0.39, 0.29) is 5.92 Å². The van der Waals surface area contributed by atoms with Gasteiger partial charge < -0.3 is 9.47 Å². The minimum atomic E-state index is 0.241. The molecule has 1 aromatic heterocycles. The van der Waals surface area contributed by atoms with Crippen molar-refractivity contribution in [2.75, 3.05) is 39.3 Å². The summed E-state index contributed by atoms with van der Waals surface area (Å²) in [5.41, 5.74) is 1.34. The molecule has 29 heavy (non-hydrogen) atoms. The van der Waals surface area contributed by atoms with E-state index in [4.69, 9.17) is 0 Å². The smallest absolute Gasteiger partial charge is 0.226 e. The van der Waals surface area contributed by atoms with Gasteiger partial charge in [-0.3, -0.25) is 14.6 Å². The fraction of sp³-hybridized carbons (Fsp3) is 0.826. The second-order valence-electron chi connectivity index (χ2n) is 9.80. The van der Waals surface area contributed by atoms with E-state index in [1.54, 1.807) is 0 Å². The van der Waals surface area contributed by atoms with Crippen LogP contribution < -0.4 is 0 Å². The van der Waals surface area contributed by atoms with Gasteiger partial charge in [0.05, 0.1) is 17.9 Å². The molecule has 6 heteroatoms. The molecule has 1 atom stereocenters. The number of hydrogen-bond donors (Lipinski definition) is 0. The Labute approximate surface area is 176 Å². The fourth-order valence-electron chi connectivity index (χ4n) is 5.44. The predicted molar refractivity (Wildman–Crippen MR) is 115 cm³/mol. The summed E-state index contributed by atoms with van der Waals surface area (Å²) in [7, 11) is 0. The van der Waals surface area contributed by atoms with Gasteiger partial charge in [-0.25, -0.2) is 4.98 Å². The van der Waals surface area contributed by atoms with Gasteiger partial charge in [0.25, 0.3) is 0 Å². The molecule has 0 radical (unpaired) electrons. The van der Waals surface area contributed by atoms with Crippen molar-refractivity contribution in [2.24, 2.45) is 11.8 Å². The van der Waals surface area contributed by atoms with Crippen molar-refractivity contribution in [1.82, 2.24) is 24.3 Å². The molecular weight excluding hydrogens is 362 g/mol. The second kappa shape index (κ2) is 9.61. The van der Waals surface area contributed by atoms with Crippen LogP contribution in [-0.2, 0) is 17.9 Å². The van der Waals surface area contributed by atoms with Crippen molar-refractivity contribution in [3.63, 3.8) is 0 Å². The number of nitrogens with zero attached hydrogens (tertiary/aromatic N) is 5. The van der Waals surface area contributed by atoms with E-state index in [2.05, 4.69) is 38.1 Å². The number of aromatic nitrogens is 2. The van der Waals surface area contributed by atoms with Crippen molar-refractivity contribution >= 4 is 5.91 Å². The molecule has 0 saturated carbocycles. The highest BCUT2D eigenvalue weighted by atomic mass is 16.2. The van der Waals surface area contributed by atoms with Crippen molar-refractivity contribution in [3.8, 4) is 0 Å². The maximum absolute atomic E-state index is 12.8. The lowest BCUT2D eigenvalue weighted by Crippen LogP contribution is -2.51. The number of likely N-dealkylation sites (tertiary alicyclic amines) is 3. The number of hydrogen-bond acceptors (Lipinski definition) is 4. The largest absolute Gasteiger partial charge is 0.342 e. The van der Waals surface area contributed by atoms with Gasteiger partial charge in [0, 0.05) is 58.1 Å². The first kappa shape index (κ1) is 20.9. The summed E-state index contributed by atoms with van der Waals surface area (Å²) in [6, 6.07) is 0.654. The summed E-state index contributed by atoms with van der Waals surface area (Å²) in [6.07, 6.45) is 11.1. The van der Waals surface area contributed by atoms with Crippen molar-refractivity contribution in [2.45, 2.75) is 71.5 Å². The van der Waals surface area contributed by atoms with Gasteiger partial charge in [0.15, 0.2) is 0 Å². The zero-order chi connectivity index (χ0) is 20.2. The number of amides is 1. The van der Waals surface area contributed by atoms with E-state index in [0.29, 0.717) is 17.9 Å². The molecule has 4 heterocycles. The van der Waals surface area contributed by atoms with Crippen LogP contribution >= 0.6 is 0 Å². The Hall–Kier alpha value is -1.40. The van der Waals surface area contributed by atoms with E-state index in [9.17, 15) is 4.79 Å². The van der Waals surface area contributed by atoms with Crippen LogP contribution in [0.1, 0.15) is 58.1 Å². The molecule has 0 N–H and O–H groups in total. The Kier molecular flexibility index (Phi) is 6.91. The molecule has 3 saturated heterocycles. The lowest BCUT2D eigenvalue weighted by molar-refractivity contribution is -0.136. The molecule has 3 fully saturated rings. The Bertz CT molecular complexity index is 658. The maximum atomic E-state index is 12.8. The van der Waals surface area contributed by atoms with Gasteiger partial charge >= 0.3 is 0 Å². The van der Waals surface area contributed by atoms with Gasteiger partial charge in [0.1, 0.15) is 0 Å². The molecule has 0 bridgehead atoms. The standard InChI is InChI=1S/C23H39N5O/c1-19(2)15-28-18-24-14-22(28)17-25-12-7-21(8-13-25)27-11-5-6-20(16-27)23(29)26-9-3-4-10-26/h14,18-21H,3-13,15-17H2,1-2H3/t20-/m0/s1. The first-order valence-electron chi connectivity index (χ1n) is 11.8. The summed E-state index contributed by atoms with van der Waals surface area (Å²) in [5.74, 6) is 1.32. The van der Waals surface area contributed by atoms with Crippen LogP contribution in [0.2, 0.25) is 0 Å². The highest BCUT2D eigenvalue weighted by molar-refractivity contribution is 5.79. The van der Waals surface area contributed by atoms with Crippen LogP contribution in [0, 0.1) is 11.8 Å². The third-order valence-corrected chi connectivity index (χ3v) is 7.04. The van der Waals surface area contributed by atoms with E-state index in [1.165, 1.54) is 44.3 Å². The summed E-state index contributed by atoms with van der Waals surface area (Å²) < 4.78 is 2.32. The molecule has 3 aliphatic heterocycles. The second-order valence-corrected chi connectivity index (χ2v) is 9.80. The van der Waals surface area contributed by atoms with Crippen LogP contribution in [0.3, 0.4) is 0 Å². The maximum Gasteiger partial charge on any atom is 0.226 e. The summed E-state index contributed by atoms with van der Waals surface area (Å²) in [6.45, 7) is 13.0. The molecule has 0 aromatic carbocycles. The molecule has 0 unspecified atom stereocenters. The highest BCUT2D eigenvalue weighted by Crippen LogP contribution is 2.26. The van der Waals surface area contributed by atoms with Crippen molar-refractivity contribution in [1.29, 1.82) is 0 Å². The zero-order valence-corrected chi connectivity index (χ0v) is 18.4. The average molecular weight is 402 g/mol.